The van der Waals surface area contributed by atoms with Crippen LogP contribution in [-0.4, -0.2) is 38.5 Å². The maximum atomic E-state index is 13.4. The number of piperidine rings is 1. The summed E-state index contributed by atoms with van der Waals surface area (Å²) in [6, 6.07) is 4.72. The topological polar surface area (TPSA) is 91.6 Å². The average Bonchev–Trinajstić information content (AvgIpc) is 3.33. The van der Waals surface area contributed by atoms with Crippen LogP contribution in [0.15, 0.2) is 29.2 Å². The van der Waals surface area contributed by atoms with Gasteiger partial charge in [0.15, 0.2) is 11.4 Å². The van der Waals surface area contributed by atoms with Crippen LogP contribution in [0.25, 0.3) is 0 Å². The number of hydrogen-bond acceptors (Lipinski definition) is 4. The molecule has 8 heteroatoms. The molecule has 2 amide bonds. The summed E-state index contributed by atoms with van der Waals surface area (Å²) >= 11 is 0. The summed E-state index contributed by atoms with van der Waals surface area (Å²) in [4.78, 5) is 40.1. The summed E-state index contributed by atoms with van der Waals surface area (Å²) in [7, 11) is 0. The van der Waals surface area contributed by atoms with Gasteiger partial charge < -0.3 is 19.9 Å². The third-order valence-electron chi connectivity index (χ3n) is 6.74. The molecule has 2 bridgehead atoms. The Labute approximate surface area is 172 Å². The van der Waals surface area contributed by atoms with Gasteiger partial charge in [-0.25, -0.2) is 4.39 Å². The fourth-order valence-corrected chi connectivity index (χ4v) is 5.24. The lowest BCUT2D eigenvalue weighted by Crippen LogP contribution is -2.52. The molecule has 1 aromatic heterocycles. The Kier molecular flexibility index (Phi) is 4.20. The molecule has 2 aromatic rings. The highest BCUT2D eigenvalue weighted by Crippen LogP contribution is 2.45. The number of pyridine rings is 1. The largest absolute Gasteiger partial charge is 0.503 e. The van der Waals surface area contributed by atoms with Gasteiger partial charge in [0.25, 0.3) is 11.8 Å². The number of halogens is 1. The van der Waals surface area contributed by atoms with Crippen molar-refractivity contribution < 1.29 is 19.1 Å². The number of benzene rings is 1. The van der Waals surface area contributed by atoms with Gasteiger partial charge in [0.1, 0.15) is 11.4 Å². The minimum atomic E-state index is -0.856. The maximum absolute atomic E-state index is 13.4. The smallest absolute Gasteiger partial charge is 0.275 e. The molecule has 3 heterocycles. The molecule has 5 rings (SSSR count). The van der Waals surface area contributed by atoms with Crippen LogP contribution in [0, 0.1) is 18.7 Å². The lowest BCUT2D eigenvalue weighted by Gasteiger charge is -2.40. The van der Waals surface area contributed by atoms with Crippen LogP contribution < -0.4 is 10.7 Å². The first-order chi connectivity index (χ1) is 14.3. The zero-order valence-electron chi connectivity index (χ0n) is 16.5. The first-order valence-electron chi connectivity index (χ1n) is 10.2. The summed E-state index contributed by atoms with van der Waals surface area (Å²) < 4.78 is 15.0. The fourth-order valence-electron chi connectivity index (χ4n) is 5.24. The quantitative estimate of drug-likeness (QED) is 0.808. The van der Waals surface area contributed by atoms with Crippen LogP contribution in [0.2, 0.25) is 0 Å². The number of aryl methyl sites for hydroxylation is 1. The third kappa shape index (κ3) is 2.74. The van der Waals surface area contributed by atoms with Gasteiger partial charge in [-0.2, -0.15) is 0 Å². The zero-order valence-corrected chi connectivity index (χ0v) is 16.5. The Hall–Kier alpha value is -3.16. The van der Waals surface area contributed by atoms with Crippen molar-refractivity contribution in [1.82, 2.24) is 14.8 Å². The highest BCUT2D eigenvalue weighted by atomic mass is 19.1. The fraction of sp³-hybridized carbons (Fsp3) is 0.409. The van der Waals surface area contributed by atoms with E-state index in [1.807, 2.05) is 4.90 Å². The Morgan fingerprint density at radius 1 is 1.30 bits per heavy atom. The van der Waals surface area contributed by atoms with E-state index in [-0.39, 0.29) is 41.6 Å². The Morgan fingerprint density at radius 3 is 2.87 bits per heavy atom. The van der Waals surface area contributed by atoms with Crippen LogP contribution in [0.1, 0.15) is 51.2 Å². The van der Waals surface area contributed by atoms with Crippen LogP contribution in [0.5, 0.6) is 5.75 Å². The highest BCUT2D eigenvalue weighted by molar-refractivity contribution is 5.99. The van der Waals surface area contributed by atoms with Gasteiger partial charge in [-0.15, -0.1) is 0 Å². The molecule has 1 saturated carbocycles. The molecule has 0 spiro atoms. The lowest BCUT2D eigenvalue weighted by atomic mass is 9.95. The van der Waals surface area contributed by atoms with E-state index in [9.17, 15) is 23.9 Å². The molecule has 2 fully saturated rings. The van der Waals surface area contributed by atoms with Crippen LogP contribution in [-0.2, 0) is 13.1 Å². The number of nitrogens with one attached hydrogen (secondary N) is 1. The summed E-state index contributed by atoms with van der Waals surface area (Å²) in [6.45, 7) is 2.21. The number of hydrogen-bond donors (Lipinski definition) is 2. The molecular formula is C22H22FN3O4. The van der Waals surface area contributed by atoms with E-state index in [1.54, 1.807) is 23.6 Å². The second kappa shape index (κ2) is 6.68. The molecule has 156 valence electrons. The summed E-state index contributed by atoms with van der Waals surface area (Å²) in [5.74, 6) is -1.56. The Balaban J connectivity index is 1.43. The molecule has 2 N–H and O–H groups in total. The first-order valence-corrected chi connectivity index (χ1v) is 10.2. The maximum Gasteiger partial charge on any atom is 0.275 e. The Morgan fingerprint density at radius 2 is 2.10 bits per heavy atom. The van der Waals surface area contributed by atoms with Crippen molar-refractivity contribution in [2.24, 2.45) is 5.92 Å². The highest BCUT2D eigenvalue weighted by Gasteiger charge is 2.51. The molecular weight excluding hydrogens is 389 g/mol. The second-order valence-electron chi connectivity index (χ2n) is 8.49. The molecule has 3 aliphatic rings. The predicted octanol–water partition coefficient (Wildman–Crippen LogP) is 1.94. The van der Waals surface area contributed by atoms with Crippen molar-refractivity contribution in [2.75, 3.05) is 0 Å². The minimum Gasteiger partial charge on any atom is -0.503 e. The number of rotatable bonds is 3. The van der Waals surface area contributed by atoms with E-state index in [2.05, 4.69) is 5.32 Å². The third-order valence-corrected chi connectivity index (χ3v) is 6.74. The predicted molar refractivity (Wildman–Crippen MR) is 106 cm³/mol. The normalized spacial score (nSPS) is 24.0. The second-order valence-corrected chi connectivity index (χ2v) is 8.49. The minimum absolute atomic E-state index is 0.0329. The number of aromatic hydroxyl groups is 1. The summed E-state index contributed by atoms with van der Waals surface area (Å²) in [5, 5.41) is 13.1. The van der Waals surface area contributed by atoms with E-state index < -0.39 is 17.1 Å². The number of carbonyl (C=O) groups is 2. The van der Waals surface area contributed by atoms with Gasteiger partial charge in [-0.3, -0.25) is 14.4 Å². The molecule has 1 aromatic carbocycles. The molecule has 7 nitrogen and oxygen atoms in total. The van der Waals surface area contributed by atoms with Gasteiger partial charge in [-0.1, -0.05) is 12.1 Å². The van der Waals surface area contributed by atoms with E-state index in [1.165, 1.54) is 12.3 Å². The van der Waals surface area contributed by atoms with E-state index in [0.29, 0.717) is 23.6 Å². The van der Waals surface area contributed by atoms with Crippen molar-refractivity contribution in [3.63, 3.8) is 0 Å². The Bertz CT molecular complexity index is 1140. The van der Waals surface area contributed by atoms with E-state index in [0.717, 1.165) is 19.3 Å². The van der Waals surface area contributed by atoms with Crippen LogP contribution in [0.3, 0.4) is 0 Å². The van der Waals surface area contributed by atoms with Gasteiger partial charge in [-0.05, 0) is 49.3 Å². The monoisotopic (exact) mass is 411 g/mol. The first kappa shape index (κ1) is 18.8. The molecule has 0 unspecified atom stereocenters. The molecule has 30 heavy (non-hydrogen) atoms. The van der Waals surface area contributed by atoms with Crippen molar-refractivity contribution in [3.8, 4) is 5.75 Å². The van der Waals surface area contributed by atoms with Crippen LogP contribution >= 0.6 is 0 Å². The molecule has 1 saturated heterocycles. The average molecular weight is 411 g/mol. The van der Waals surface area contributed by atoms with Crippen LogP contribution in [0.4, 0.5) is 4.39 Å². The van der Waals surface area contributed by atoms with E-state index in [4.69, 9.17) is 0 Å². The number of carbonyl (C=O) groups excluding carboxylic acids is 2. The standard InChI is InChI=1S/C22H22FN3O4/c1-11-6-12(2-5-16(11)23)8-24-21(29)15-9-25-10-17-13-3-4-14(7-13)26(17)22(30)18(25)20(28)19(15)27/h2,5-6,9,13-14,17,28H,3-4,7-8,10H2,1H3,(H,24,29)/t13-,14+,17+/m1/s1. The number of fused-ring (bicyclic) bond motifs is 6. The number of nitrogens with zero attached hydrogens (tertiary/aromatic N) is 2. The van der Waals surface area contributed by atoms with Gasteiger partial charge >= 0.3 is 0 Å². The molecule has 0 radical (unpaired) electrons. The van der Waals surface area contributed by atoms with Crippen molar-refractivity contribution in [2.45, 2.75) is 51.4 Å². The van der Waals surface area contributed by atoms with Crippen molar-refractivity contribution in [1.29, 1.82) is 0 Å². The van der Waals surface area contributed by atoms with Gasteiger partial charge in [0.2, 0.25) is 5.43 Å². The zero-order chi connectivity index (χ0) is 21.2. The van der Waals surface area contributed by atoms with Crippen molar-refractivity contribution >= 4 is 11.8 Å². The van der Waals surface area contributed by atoms with Gasteiger partial charge in [0, 0.05) is 25.3 Å². The molecule has 3 atom stereocenters. The molecule has 2 aliphatic heterocycles. The summed E-state index contributed by atoms with van der Waals surface area (Å²) in [5.41, 5.74) is 0.0544. The number of amides is 2. The number of aromatic nitrogens is 1. The van der Waals surface area contributed by atoms with E-state index >= 15 is 0 Å². The molecule has 1 aliphatic carbocycles. The summed E-state index contributed by atoms with van der Waals surface area (Å²) in [6.07, 6.45) is 4.37. The van der Waals surface area contributed by atoms with Gasteiger partial charge in [0.05, 0.1) is 6.04 Å². The van der Waals surface area contributed by atoms with Crippen molar-refractivity contribution in [3.05, 3.63) is 62.8 Å². The SMILES string of the molecule is Cc1cc(CNC(=O)c2cn3c(c(O)c2=O)C(=O)N2[C@H]4CC[C@H](C4)[C@@H]2C3)ccc1F. The lowest BCUT2D eigenvalue weighted by molar-refractivity contribution is 0.0482.